The maximum atomic E-state index is 11.5. The molecule has 0 spiro atoms. The molecule has 1 aliphatic heterocycles. The van der Waals surface area contributed by atoms with Crippen molar-refractivity contribution in [2.45, 2.75) is 44.7 Å². The molecular formula is C15H26N2O2S. The highest BCUT2D eigenvalue weighted by Crippen LogP contribution is 2.45. The van der Waals surface area contributed by atoms with Crippen molar-refractivity contribution in [3.05, 3.63) is 12.2 Å². The van der Waals surface area contributed by atoms with Crippen molar-refractivity contribution >= 4 is 10.0 Å². The fraction of sp³-hybridized carbons (Fsp3) is 0.867. The molecule has 1 saturated carbocycles. The standard InChI is InChI=1S/C15H26N2O2S/c1-11(15-10-12-3-4-13(15)9-12)16-14-5-7-17(8-6-14)20(2,18)19/h3-4,11-16H,5-10H2,1-2H3. The fourth-order valence-electron chi connectivity index (χ4n) is 4.25. The summed E-state index contributed by atoms with van der Waals surface area (Å²) in [5.41, 5.74) is 0. The van der Waals surface area contributed by atoms with Crippen LogP contribution in [0.4, 0.5) is 0 Å². The van der Waals surface area contributed by atoms with Gasteiger partial charge in [-0.15, -0.1) is 0 Å². The van der Waals surface area contributed by atoms with E-state index in [-0.39, 0.29) is 0 Å². The van der Waals surface area contributed by atoms with Gasteiger partial charge in [0.05, 0.1) is 6.26 Å². The van der Waals surface area contributed by atoms with Gasteiger partial charge < -0.3 is 5.32 Å². The Morgan fingerprint density at radius 1 is 1.20 bits per heavy atom. The van der Waals surface area contributed by atoms with Crippen LogP contribution in [0.1, 0.15) is 32.6 Å². The SMILES string of the molecule is CC(NC1CCN(S(C)(=O)=O)CC1)C1CC2C=CC1C2. The van der Waals surface area contributed by atoms with Gasteiger partial charge in [0.2, 0.25) is 10.0 Å². The van der Waals surface area contributed by atoms with Gasteiger partial charge in [-0.3, -0.25) is 0 Å². The van der Waals surface area contributed by atoms with E-state index in [2.05, 4.69) is 24.4 Å². The Bertz CT molecular complexity index is 480. The van der Waals surface area contributed by atoms with Crippen LogP contribution in [0.5, 0.6) is 0 Å². The number of rotatable bonds is 4. The van der Waals surface area contributed by atoms with Crippen LogP contribution in [0.2, 0.25) is 0 Å². The van der Waals surface area contributed by atoms with Gasteiger partial charge in [-0.25, -0.2) is 12.7 Å². The minimum absolute atomic E-state index is 0.478. The van der Waals surface area contributed by atoms with Gasteiger partial charge in [-0.05, 0) is 50.4 Å². The molecule has 2 fully saturated rings. The summed E-state index contributed by atoms with van der Waals surface area (Å²) in [6.07, 6.45) is 10.7. The summed E-state index contributed by atoms with van der Waals surface area (Å²) in [4.78, 5) is 0. The Hall–Kier alpha value is -0.390. The van der Waals surface area contributed by atoms with E-state index >= 15 is 0 Å². The van der Waals surface area contributed by atoms with Crippen LogP contribution in [0.3, 0.4) is 0 Å². The maximum Gasteiger partial charge on any atom is 0.211 e. The van der Waals surface area contributed by atoms with Crippen LogP contribution >= 0.6 is 0 Å². The molecule has 20 heavy (non-hydrogen) atoms. The van der Waals surface area contributed by atoms with Crippen LogP contribution in [0.15, 0.2) is 12.2 Å². The average Bonchev–Trinajstić information content (AvgIpc) is 3.00. The van der Waals surface area contributed by atoms with Crippen LogP contribution in [0.25, 0.3) is 0 Å². The van der Waals surface area contributed by atoms with Gasteiger partial charge in [0.15, 0.2) is 0 Å². The molecule has 1 saturated heterocycles. The first-order chi connectivity index (χ1) is 9.43. The molecule has 3 rings (SSSR count). The van der Waals surface area contributed by atoms with Crippen LogP contribution < -0.4 is 5.32 Å². The minimum Gasteiger partial charge on any atom is -0.311 e. The maximum absolute atomic E-state index is 11.5. The summed E-state index contributed by atoms with van der Waals surface area (Å²) < 4.78 is 24.6. The zero-order valence-electron chi connectivity index (χ0n) is 12.5. The first kappa shape index (κ1) is 14.5. The highest BCUT2D eigenvalue weighted by molar-refractivity contribution is 7.88. The normalized spacial score (nSPS) is 36.6. The molecule has 114 valence electrons. The van der Waals surface area contributed by atoms with Gasteiger partial charge in [0.25, 0.3) is 0 Å². The summed E-state index contributed by atoms with van der Waals surface area (Å²) in [6.45, 7) is 3.64. The predicted molar refractivity (Wildman–Crippen MR) is 80.9 cm³/mol. The Labute approximate surface area is 122 Å². The van der Waals surface area contributed by atoms with E-state index in [9.17, 15) is 8.42 Å². The lowest BCUT2D eigenvalue weighted by Crippen LogP contribution is -2.49. The highest BCUT2D eigenvalue weighted by atomic mass is 32.2. The molecule has 4 nitrogen and oxygen atoms in total. The number of allylic oxidation sites excluding steroid dienone is 2. The molecule has 0 aromatic carbocycles. The van der Waals surface area contributed by atoms with E-state index in [1.165, 1.54) is 19.1 Å². The molecule has 2 aliphatic carbocycles. The number of piperidine rings is 1. The molecule has 4 atom stereocenters. The van der Waals surface area contributed by atoms with E-state index < -0.39 is 10.0 Å². The first-order valence-electron chi connectivity index (χ1n) is 7.83. The third kappa shape index (κ3) is 2.95. The topological polar surface area (TPSA) is 49.4 Å². The monoisotopic (exact) mass is 298 g/mol. The Morgan fingerprint density at radius 2 is 1.90 bits per heavy atom. The van der Waals surface area contributed by atoms with Gasteiger partial charge in [0.1, 0.15) is 0 Å². The van der Waals surface area contributed by atoms with E-state index in [1.54, 1.807) is 4.31 Å². The number of hydrogen-bond donors (Lipinski definition) is 1. The third-order valence-electron chi connectivity index (χ3n) is 5.39. The van der Waals surface area contributed by atoms with E-state index in [0.717, 1.165) is 30.6 Å². The molecule has 2 bridgehead atoms. The average molecular weight is 298 g/mol. The van der Waals surface area contributed by atoms with Crippen molar-refractivity contribution in [1.29, 1.82) is 0 Å². The van der Waals surface area contributed by atoms with Crippen molar-refractivity contribution in [3.8, 4) is 0 Å². The van der Waals surface area contributed by atoms with Crippen molar-refractivity contribution in [2.75, 3.05) is 19.3 Å². The van der Waals surface area contributed by atoms with E-state index in [1.807, 2.05) is 0 Å². The second kappa shape index (κ2) is 5.43. The number of sulfonamides is 1. The summed E-state index contributed by atoms with van der Waals surface area (Å²) in [7, 11) is -3.00. The van der Waals surface area contributed by atoms with Crippen molar-refractivity contribution in [3.63, 3.8) is 0 Å². The quantitative estimate of drug-likeness (QED) is 0.802. The highest BCUT2D eigenvalue weighted by Gasteiger charge is 2.39. The lowest BCUT2D eigenvalue weighted by molar-refractivity contribution is 0.240. The van der Waals surface area contributed by atoms with Crippen molar-refractivity contribution in [2.24, 2.45) is 17.8 Å². The zero-order valence-corrected chi connectivity index (χ0v) is 13.3. The second-order valence-electron chi connectivity index (χ2n) is 6.84. The predicted octanol–water partition coefficient (Wildman–Crippen LogP) is 1.60. The Morgan fingerprint density at radius 3 is 2.40 bits per heavy atom. The molecule has 5 heteroatoms. The molecule has 0 radical (unpaired) electrons. The minimum atomic E-state index is -3.00. The second-order valence-corrected chi connectivity index (χ2v) is 8.82. The molecule has 0 aromatic rings. The molecule has 1 N–H and O–H groups in total. The molecule has 0 amide bonds. The molecule has 3 aliphatic rings. The Kier molecular flexibility index (Phi) is 3.95. The number of nitrogens with one attached hydrogen (secondary N) is 1. The van der Waals surface area contributed by atoms with E-state index in [0.29, 0.717) is 25.2 Å². The van der Waals surface area contributed by atoms with E-state index in [4.69, 9.17) is 0 Å². The zero-order chi connectivity index (χ0) is 14.3. The van der Waals surface area contributed by atoms with Crippen molar-refractivity contribution < 1.29 is 8.42 Å². The largest absolute Gasteiger partial charge is 0.311 e. The first-order valence-corrected chi connectivity index (χ1v) is 9.68. The van der Waals surface area contributed by atoms with Gasteiger partial charge >= 0.3 is 0 Å². The molecule has 1 heterocycles. The van der Waals surface area contributed by atoms with Crippen LogP contribution in [-0.4, -0.2) is 44.2 Å². The summed E-state index contributed by atoms with van der Waals surface area (Å²) >= 11 is 0. The van der Waals surface area contributed by atoms with Gasteiger partial charge in [0, 0.05) is 25.2 Å². The number of fused-ring (bicyclic) bond motifs is 2. The molecular weight excluding hydrogens is 272 g/mol. The lowest BCUT2D eigenvalue weighted by atomic mass is 9.87. The summed E-state index contributed by atoms with van der Waals surface area (Å²) in [5, 5.41) is 3.76. The lowest BCUT2D eigenvalue weighted by Gasteiger charge is -2.35. The fourth-order valence-corrected chi connectivity index (χ4v) is 5.12. The Balaban J connectivity index is 1.49. The van der Waals surface area contributed by atoms with Crippen molar-refractivity contribution in [1.82, 2.24) is 9.62 Å². The number of nitrogens with zero attached hydrogens (tertiary/aromatic N) is 1. The van der Waals surface area contributed by atoms with Crippen LogP contribution in [0, 0.1) is 17.8 Å². The smallest absolute Gasteiger partial charge is 0.211 e. The summed E-state index contributed by atoms with van der Waals surface area (Å²) in [6, 6.07) is 1.02. The number of hydrogen-bond acceptors (Lipinski definition) is 3. The van der Waals surface area contributed by atoms with Gasteiger partial charge in [-0.2, -0.15) is 0 Å². The molecule has 0 aromatic heterocycles. The van der Waals surface area contributed by atoms with Gasteiger partial charge in [-0.1, -0.05) is 12.2 Å². The van der Waals surface area contributed by atoms with Crippen LogP contribution in [-0.2, 0) is 10.0 Å². The molecule has 4 unspecified atom stereocenters. The third-order valence-corrected chi connectivity index (χ3v) is 6.70. The summed E-state index contributed by atoms with van der Waals surface area (Å²) in [5.74, 6) is 2.37.